The molecule has 1 saturated heterocycles. The maximum absolute atomic E-state index is 9.14. The molecule has 1 fully saturated rings. The summed E-state index contributed by atoms with van der Waals surface area (Å²) in [6.45, 7) is 4.27. The highest BCUT2D eigenvalue weighted by atomic mass is 33.1. The van der Waals surface area contributed by atoms with Crippen molar-refractivity contribution in [2.24, 2.45) is 4.99 Å². The molecule has 0 unspecified atom stereocenters. The third kappa shape index (κ3) is 4.90. The topological polar surface area (TPSA) is 39.4 Å². The zero-order valence-electron chi connectivity index (χ0n) is 11.0. The molecule has 1 aromatic carbocycles. The Morgan fingerprint density at radius 1 is 1.21 bits per heavy atom. The summed E-state index contributed by atoms with van der Waals surface area (Å²) in [5.74, 6) is 0. The molecular weight excluding hydrogens is 274 g/mol. The van der Waals surface area contributed by atoms with Gasteiger partial charge in [-0.05, 0) is 53.7 Å². The van der Waals surface area contributed by atoms with Crippen LogP contribution in [-0.2, 0) is 0 Å². The summed E-state index contributed by atoms with van der Waals surface area (Å²) in [7, 11) is 3.11. The van der Waals surface area contributed by atoms with Crippen molar-refractivity contribution in [2.45, 2.75) is 26.2 Å². The van der Waals surface area contributed by atoms with Gasteiger partial charge in [-0.2, -0.15) is 5.26 Å². The van der Waals surface area contributed by atoms with E-state index in [4.69, 9.17) is 5.26 Å². The van der Waals surface area contributed by atoms with E-state index in [0.29, 0.717) is 5.04 Å². The van der Waals surface area contributed by atoms with Crippen LogP contribution >= 0.6 is 21.8 Å². The lowest BCUT2D eigenvalue weighted by Crippen LogP contribution is -2.22. The monoisotopic (exact) mass is 291 g/mol. The number of aryl methyl sites for hydroxylation is 1. The number of hydrogen-bond donors (Lipinski definition) is 0. The van der Waals surface area contributed by atoms with E-state index < -0.39 is 0 Å². The van der Waals surface area contributed by atoms with Gasteiger partial charge in [0.25, 0.3) is 0 Å². The summed E-state index contributed by atoms with van der Waals surface area (Å²) in [5.41, 5.74) is 2.04. The second-order valence-electron chi connectivity index (χ2n) is 4.51. The number of rotatable bonds is 3. The van der Waals surface area contributed by atoms with Crippen LogP contribution in [0.1, 0.15) is 24.8 Å². The van der Waals surface area contributed by atoms with Gasteiger partial charge in [0.2, 0.25) is 0 Å². The summed E-state index contributed by atoms with van der Waals surface area (Å²) in [6, 6.07) is 10.1. The van der Waals surface area contributed by atoms with E-state index in [9.17, 15) is 0 Å². The molecule has 1 aromatic rings. The molecule has 0 aliphatic carbocycles. The van der Waals surface area contributed by atoms with Crippen LogP contribution in [0.3, 0.4) is 0 Å². The van der Waals surface area contributed by atoms with Gasteiger partial charge in [-0.15, -0.1) is 0 Å². The van der Waals surface area contributed by atoms with Crippen molar-refractivity contribution in [2.75, 3.05) is 13.1 Å². The second-order valence-corrected chi connectivity index (χ2v) is 6.68. The zero-order chi connectivity index (χ0) is 13.5. The van der Waals surface area contributed by atoms with Crippen LogP contribution in [0.5, 0.6) is 0 Å². The van der Waals surface area contributed by atoms with Crippen LogP contribution in [0.2, 0.25) is 0 Å². The molecule has 1 aliphatic heterocycles. The van der Waals surface area contributed by atoms with Crippen LogP contribution in [0, 0.1) is 18.3 Å². The van der Waals surface area contributed by atoms with Gasteiger partial charge in [0.05, 0.1) is 5.69 Å². The van der Waals surface area contributed by atoms with Crippen molar-refractivity contribution in [3.05, 3.63) is 29.8 Å². The zero-order valence-corrected chi connectivity index (χ0v) is 12.6. The molecule has 1 heterocycles. The Labute approximate surface area is 122 Å². The van der Waals surface area contributed by atoms with Crippen molar-refractivity contribution in [3.8, 4) is 6.07 Å². The Morgan fingerprint density at radius 2 is 1.89 bits per heavy atom. The SMILES string of the molecule is Cc1ccc(N=C(C#N)SSN2CCCCC2)cc1. The molecule has 3 nitrogen and oxygen atoms in total. The van der Waals surface area contributed by atoms with Gasteiger partial charge >= 0.3 is 0 Å². The number of benzene rings is 1. The minimum Gasteiger partial charge on any atom is -0.241 e. The maximum Gasteiger partial charge on any atom is 0.186 e. The molecule has 5 heteroatoms. The van der Waals surface area contributed by atoms with Crippen molar-refractivity contribution in [3.63, 3.8) is 0 Å². The normalized spacial score (nSPS) is 17.2. The third-order valence-electron chi connectivity index (χ3n) is 2.90. The predicted molar refractivity (Wildman–Crippen MR) is 84.5 cm³/mol. The van der Waals surface area contributed by atoms with Crippen LogP contribution < -0.4 is 0 Å². The largest absolute Gasteiger partial charge is 0.241 e. The fourth-order valence-corrected chi connectivity index (χ4v) is 3.79. The summed E-state index contributed by atoms with van der Waals surface area (Å²) in [5, 5.41) is 9.65. The van der Waals surface area contributed by atoms with E-state index in [-0.39, 0.29) is 0 Å². The molecule has 0 amide bonds. The van der Waals surface area contributed by atoms with E-state index in [1.807, 2.05) is 31.2 Å². The molecule has 0 spiro atoms. The minimum atomic E-state index is 0.513. The molecule has 0 bridgehead atoms. The van der Waals surface area contributed by atoms with E-state index in [1.54, 1.807) is 11.0 Å². The molecule has 0 radical (unpaired) electrons. The average Bonchev–Trinajstić information content (AvgIpc) is 2.46. The molecule has 19 heavy (non-hydrogen) atoms. The molecule has 2 rings (SSSR count). The van der Waals surface area contributed by atoms with Crippen molar-refractivity contribution < 1.29 is 0 Å². The highest BCUT2D eigenvalue weighted by Gasteiger charge is 2.12. The number of aliphatic imine (C=N–C) groups is 1. The number of piperidine rings is 1. The summed E-state index contributed by atoms with van der Waals surface area (Å²) < 4.78 is 2.32. The van der Waals surface area contributed by atoms with E-state index in [2.05, 4.69) is 15.4 Å². The lowest BCUT2D eigenvalue weighted by molar-refractivity contribution is 0.384. The third-order valence-corrected chi connectivity index (χ3v) is 5.22. The van der Waals surface area contributed by atoms with Crippen LogP contribution in [0.15, 0.2) is 29.3 Å². The Bertz CT molecular complexity index is 470. The highest BCUT2D eigenvalue weighted by Crippen LogP contribution is 2.31. The summed E-state index contributed by atoms with van der Waals surface area (Å²) in [4.78, 5) is 4.37. The molecule has 1 aliphatic rings. The molecule has 100 valence electrons. The van der Waals surface area contributed by atoms with Gasteiger partial charge in [0.1, 0.15) is 6.07 Å². The fourth-order valence-electron chi connectivity index (χ4n) is 1.83. The van der Waals surface area contributed by atoms with Gasteiger partial charge in [-0.3, -0.25) is 0 Å². The van der Waals surface area contributed by atoms with E-state index in [1.165, 1.54) is 35.6 Å². The highest BCUT2D eigenvalue weighted by molar-refractivity contribution is 8.81. The molecular formula is C14H17N3S2. The quantitative estimate of drug-likeness (QED) is 0.359. The van der Waals surface area contributed by atoms with Crippen molar-refractivity contribution in [1.29, 1.82) is 5.26 Å². The summed E-state index contributed by atoms with van der Waals surface area (Å²) >= 11 is 0. The van der Waals surface area contributed by atoms with Crippen LogP contribution in [0.25, 0.3) is 0 Å². The Morgan fingerprint density at radius 3 is 2.53 bits per heavy atom. The van der Waals surface area contributed by atoms with Crippen LogP contribution in [-0.4, -0.2) is 22.4 Å². The maximum atomic E-state index is 9.14. The molecule has 0 N–H and O–H groups in total. The van der Waals surface area contributed by atoms with E-state index in [0.717, 1.165) is 18.8 Å². The standard InChI is InChI=1S/C14H17N3S2/c1-12-5-7-13(8-6-12)16-14(11-15)18-19-17-9-3-2-4-10-17/h5-8H,2-4,9-10H2,1H3. The molecule has 0 saturated carbocycles. The van der Waals surface area contributed by atoms with Crippen molar-refractivity contribution in [1.82, 2.24) is 4.31 Å². The number of nitriles is 1. The first-order valence-electron chi connectivity index (χ1n) is 6.43. The lowest BCUT2D eigenvalue weighted by atomic mass is 10.2. The van der Waals surface area contributed by atoms with Gasteiger partial charge in [0.15, 0.2) is 5.04 Å². The molecule has 0 aromatic heterocycles. The fraction of sp³-hybridized carbons (Fsp3) is 0.429. The Kier molecular flexibility index (Phi) is 5.77. The average molecular weight is 291 g/mol. The first-order chi connectivity index (χ1) is 9.28. The lowest BCUT2D eigenvalue weighted by Gasteiger charge is -2.23. The number of nitrogens with zero attached hydrogens (tertiary/aromatic N) is 3. The van der Waals surface area contributed by atoms with Gasteiger partial charge < -0.3 is 0 Å². The Hall–Kier alpha value is -0.960. The Balaban J connectivity index is 1.92. The van der Waals surface area contributed by atoms with Gasteiger partial charge in [-0.25, -0.2) is 9.30 Å². The first-order valence-corrected chi connectivity index (χ1v) is 8.53. The molecule has 0 atom stereocenters. The predicted octanol–water partition coefficient (Wildman–Crippen LogP) is 4.33. The van der Waals surface area contributed by atoms with E-state index >= 15 is 0 Å². The number of hydrogen-bond acceptors (Lipinski definition) is 5. The van der Waals surface area contributed by atoms with Crippen LogP contribution in [0.4, 0.5) is 5.69 Å². The minimum absolute atomic E-state index is 0.513. The smallest absolute Gasteiger partial charge is 0.186 e. The van der Waals surface area contributed by atoms with Gasteiger partial charge in [-0.1, -0.05) is 24.1 Å². The second kappa shape index (κ2) is 7.59. The first kappa shape index (κ1) is 14.4. The van der Waals surface area contributed by atoms with Crippen molar-refractivity contribution >= 4 is 32.5 Å². The van der Waals surface area contributed by atoms with Gasteiger partial charge in [0, 0.05) is 13.1 Å². The summed E-state index contributed by atoms with van der Waals surface area (Å²) in [6.07, 6.45) is 3.83.